The first-order chi connectivity index (χ1) is 20.3. The monoisotopic (exact) mass is 594 g/mol. The molecule has 0 bridgehead atoms. The minimum Gasteiger partial charge on any atom is -0.379 e. The van der Waals surface area contributed by atoms with E-state index in [0.29, 0.717) is 92.5 Å². The van der Waals surface area contributed by atoms with Gasteiger partial charge in [-0.15, -0.1) is 0 Å². The highest BCUT2D eigenvalue weighted by Gasteiger charge is 2.17. The molecule has 1 heterocycles. The fourth-order valence-corrected chi connectivity index (χ4v) is 4.10. The molecule has 2 atom stereocenters. The highest BCUT2D eigenvalue weighted by atomic mass is 16.8. The molecule has 41 heavy (non-hydrogen) atoms. The summed E-state index contributed by atoms with van der Waals surface area (Å²) in [5.41, 5.74) is 0. The Bertz CT molecular complexity index is 494. The second kappa shape index (κ2) is 32.5. The highest BCUT2D eigenvalue weighted by molar-refractivity contribution is 4.54. The highest BCUT2D eigenvalue weighted by Crippen LogP contribution is 2.15. The van der Waals surface area contributed by atoms with Crippen LogP contribution in [0.5, 0.6) is 0 Å². The quantitative estimate of drug-likeness (QED) is 0.0750. The van der Waals surface area contributed by atoms with E-state index in [0.717, 1.165) is 38.9 Å². The van der Waals surface area contributed by atoms with E-state index in [-0.39, 0.29) is 12.6 Å². The Morgan fingerprint density at radius 1 is 0.512 bits per heavy atom. The lowest BCUT2D eigenvalue weighted by Crippen LogP contribution is -2.28. The molecule has 1 aliphatic heterocycles. The Kier molecular flexibility index (Phi) is 30.6. The molecule has 10 heteroatoms. The maximum Gasteiger partial charge on any atom is 0.160 e. The first-order valence-corrected chi connectivity index (χ1v) is 16.3. The molecule has 1 rings (SSSR count). The van der Waals surface area contributed by atoms with Gasteiger partial charge < -0.3 is 47.4 Å². The van der Waals surface area contributed by atoms with Crippen LogP contribution in [-0.2, 0) is 47.4 Å². The van der Waals surface area contributed by atoms with Gasteiger partial charge >= 0.3 is 0 Å². The topological polar surface area (TPSA) is 92.3 Å². The van der Waals surface area contributed by atoms with Crippen molar-refractivity contribution < 1.29 is 47.4 Å². The first kappa shape index (κ1) is 38.6. The molecule has 0 amide bonds. The zero-order chi connectivity index (χ0) is 29.3. The van der Waals surface area contributed by atoms with Gasteiger partial charge in [-0.25, -0.2) is 0 Å². The normalized spacial score (nSPS) is 16.4. The summed E-state index contributed by atoms with van der Waals surface area (Å²) in [6.45, 7) is 13.4. The molecule has 0 aromatic carbocycles. The van der Waals surface area contributed by atoms with Gasteiger partial charge in [0.1, 0.15) is 0 Å². The van der Waals surface area contributed by atoms with Gasteiger partial charge in [0.05, 0.1) is 92.5 Å². The first-order valence-electron chi connectivity index (χ1n) is 16.3. The van der Waals surface area contributed by atoms with Gasteiger partial charge in [0, 0.05) is 13.2 Å². The predicted molar refractivity (Wildman–Crippen MR) is 158 cm³/mol. The zero-order valence-corrected chi connectivity index (χ0v) is 26.3. The van der Waals surface area contributed by atoms with E-state index in [1.807, 2.05) is 6.92 Å². The molecule has 1 fully saturated rings. The second-order valence-electron chi connectivity index (χ2n) is 10.1. The number of hydrogen-bond acceptors (Lipinski definition) is 10. The van der Waals surface area contributed by atoms with Crippen LogP contribution in [0.15, 0.2) is 0 Å². The van der Waals surface area contributed by atoms with Crippen molar-refractivity contribution in [3.05, 3.63) is 0 Å². The third-order valence-corrected chi connectivity index (χ3v) is 6.44. The summed E-state index contributed by atoms with van der Waals surface area (Å²) >= 11 is 0. The SMILES string of the molecule is CCCCCCCCCCOCCOCCOCCOCCOCCOCCOCCOC(C)OC1CCCCO1. The van der Waals surface area contributed by atoms with Gasteiger partial charge in [-0.3, -0.25) is 0 Å². The van der Waals surface area contributed by atoms with E-state index in [1.54, 1.807) is 0 Å². The van der Waals surface area contributed by atoms with E-state index in [2.05, 4.69) is 6.92 Å². The van der Waals surface area contributed by atoms with Gasteiger partial charge in [0.25, 0.3) is 0 Å². The van der Waals surface area contributed by atoms with Crippen LogP contribution in [0.25, 0.3) is 0 Å². The summed E-state index contributed by atoms with van der Waals surface area (Å²) in [6.07, 6.45) is 13.3. The molecule has 0 aliphatic carbocycles. The van der Waals surface area contributed by atoms with Crippen molar-refractivity contribution in [1.82, 2.24) is 0 Å². The third-order valence-electron chi connectivity index (χ3n) is 6.44. The maximum atomic E-state index is 5.69. The second-order valence-corrected chi connectivity index (χ2v) is 10.1. The van der Waals surface area contributed by atoms with Crippen molar-refractivity contribution in [2.75, 3.05) is 106 Å². The van der Waals surface area contributed by atoms with Crippen LogP contribution in [0.2, 0.25) is 0 Å². The lowest BCUT2D eigenvalue weighted by Gasteiger charge is -2.25. The smallest absolute Gasteiger partial charge is 0.160 e. The fourth-order valence-electron chi connectivity index (χ4n) is 4.10. The van der Waals surface area contributed by atoms with E-state index in [9.17, 15) is 0 Å². The van der Waals surface area contributed by atoms with Gasteiger partial charge in [-0.05, 0) is 32.6 Å². The largest absolute Gasteiger partial charge is 0.379 e. The summed E-state index contributed by atoms with van der Waals surface area (Å²) in [4.78, 5) is 0. The molecule has 1 aliphatic rings. The van der Waals surface area contributed by atoms with E-state index in [4.69, 9.17) is 47.4 Å². The number of ether oxygens (including phenoxy) is 10. The van der Waals surface area contributed by atoms with Gasteiger partial charge in [-0.2, -0.15) is 0 Å². The average Bonchev–Trinajstić information content (AvgIpc) is 2.98. The molecule has 0 radical (unpaired) electrons. The van der Waals surface area contributed by atoms with Crippen molar-refractivity contribution in [2.45, 2.75) is 97.1 Å². The predicted octanol–water partition coefficient (Wildman–Crippen LogP) is 5.15. The van der Waals surface area contributed by atoms with E-state index in [1.165, 1.54) is 44.9 Å². The minimum absolute atomic E-state index is 0.142. The molecule has 0 aromatic rings. The Balaban J connectivity index is 1.63. The molecule has 0 spiro atoms. The molecule has 0 aromatic heterocycles. The Morgan fingerprint density at radius 2 is 0.927 bits per heavy atom. The number of unbranched alkanes of at least 4 members (excludes halogenated alkanes) is 7. The van der Waals surface area contributed by atoms with Crippen molar-refractivity contribution in [3.63, 3.8) is 0 Å². The Hall–Kier alpha value is -0.400. The van der Waals surface area contributed by atoms with Crippen molar-refractivity contribution in [2.24, 2.45) is 0 Å². The standard InChI is InChI=1S/C31H62O10/c1-3-4-5-6-7-8-9-11-14-32-16-17-33-18-19-34-20-21-35-22-23-36-24-25-37-26-27-38-28-29-39-30(2)41-31-13-10-12-15-40-31/h30-31H,3-29H2,1-2H3. The van der Waals surface area contributed by atoms with Crippen molar-refractivity contribution in [1.29, 1.82) is 0 Å². The van der Waals surface area contributed by atoms with E-state index < -0.39 is 0 Å². The zero-order valence-electron chi connectivity index (χ0n) is 26.3. The van der Waals surface area contributed by atoms with Crippen LogP contribution in [0, 0.1) is 0 Å². The van der Waals surface area contributed by atoms with Crippen LogP contribution in [0.4, 0.5) is 0 Å². The number of hydrogen-bond donors (Lipinski definition) is 0. The molecule has 246 valence electrons. The molecule has 0 N–H and O–H groups in total. The molecule has 0 saturated carbocycles. The lowest BCUT2D eigenvalue weighted by molar-refractivity contribution is -0.251. The maximum absolute atomic E-state index is 5.69. The van der Waals surface area contributed by atoms with Gasteiger partial charge in [0.15, 0.2) is 12.6 Å². The van der Waals surface area contributed by atoms with E-state index >= 15 is 0 Å². The Morgan fingerprint density at radius 3 is 1.37 bits per heavy atom. The summed E-state index contributed by atoms with van der Waals surface area (Å²) in [5, 5.41) is 0. The van der Waals surface area contributed by atoms with Crippen LogP contribution in [0.3, 0.4) is 0 Å². The van der Waals surface area contributed by atoms with Crippen LogP contribution in [-0.4, -0.2) is 118 Å². The molecule has 1 saturated heterocycles. The summed E-state index contributed by atoms with van der Waals surface area (Å²) < 4.78 is 55.5. The summed E-state index contributed by atoms with van der Waals surface area (Å²) in [7, 11) is 0. The Labute approximate surface area is 250 Å². The van der Waals surface area contributed by atoms with Crippen LogP contribution >= 0.6 is 0 Å². The van der Waals surface area contributed by atoms with Gasteiger partial charge in [-0.1, -0.05) is 51.9 Å². The van der Waals surface area contributed by atoms with Crippen LogP contribution < -0.4 is 0 Å². The number of rotatable bonds is 33. The third kappa shape index (κ3) is 29.5. The lowest BCUT2D eigenvalue weighted by atomic mass is 10.1. The average molecular weight is 595 g/mol. The molecular formula is C31H62O10. The van der Waals surface area contributed by atoms with Gasteiger partial charge in [0.2, 0.25) is 0 Å². The molecule has 2 unspecified atom stereocenters. The van der Waals surface area contributed by atoms with Crippen molar-refractivity contribution in [3.8, 4) is 0 Å². The minimum atomic E-state index is -0.295. The molecular weight excluding hydrogens is 532 g/mol. The molecule has 10 nitrogen and oxygen atoms in total. The fraction of sp³-hybridized carbons (Fsp3) is 1.00. The van der Waals surface area contributed by atoms with Crippen molar-refractivity contribution >= 4 is 0 Å². The van der Waals surface area contributed by atoms with Crippen LogP contribution in [0.1, 0.15) is 84.5 Å². The summed E-state index contributed by atoms with van der Waals surface area (Å²) in [6, 6.07) is 0. The summed E-state index contributed by atoms with van der Waals surface area (Å²) in [5.74, 6) is 0.